The van der Waals surface area contributed by atoms with Gasteiger partial charge in [-0.25, -0.2) is 24.3 Å². The molecule has 2 aromatic rings. The van der Waals surface area contributed by atoms with Crippen LogP contribution in [0, 0.1) is 0 Å². The number of fused-ring (bicyclic) bond motifs is 1. The van der Waals surface area contributed by atoms with E-state index in [0.717, 1.165) is 5.57 Å². The maximum Gasteiger partial charge on any atom is 0.469 e. The van der Waals surface area contributed by atoms with E-state index in [1.807, 2.05) is 39.0 Å². The Bertz CT molecular complexity index is 1530. The minimum absolute atomic E-state index is 0.0822. The van der Waals surface area contributed by atoms with Gasteiger partial charge in [0.05, 0.1) is 6.10 Å². The van der Waals surface area contributed by atoms with E-state index in [-0.39, 0.29) is 17.0 Å². The number of rotatable bonds is 14. The van der Waals surface area contributed by atoms with Crippen LogP contribution in [-0.2, 0) is 23.3 Å². The lowest BCUT2D eigenvalue weighted by atomic mass is 10.0. The second kappa shape index (κ2) is 18.5. The summed E-state index contributed by atoms with van der Waals surface area (Å²) in [6.45, 7) is 15.4. The van der Waals surface area contributed by atoms with Crippen molar-refractivity contribution in [2.45, 2.75) is 71.6 Å². The number of hydrogen-bond donors (Lipinski definition) is 6. The van der Waals surface area contributed by atoms with Gasteiger partial charge in [0.25, 0.3) is 0 Å². The number of aromatic nitrogens is 4. The first-order valence-electron chi connectivity index (χ1n) is 14.5. The number of phosphoric acid groups is 1. The molecule has 1 aliphatic rings. The highest BCUT2D eigenvalue weighted by Gasteiger charge is 2.50. The molecule has 5 atom stereocenters. The molecule has 1 fully saturated rings. The molecule has 17 heteroatoms. The number of amides is 2. The van der Waals surface area contributed by atoms with Gasteiger partial charge in [0.2, 0.25) is 0 Å². The highest BCUT2D eigenvalue weighted by molar-refractivity contribution is 7.46. The Morgan fingerprint density at radius 2 is 1.89 bits per heavy atom. The molecule has 0 saturated carbocycles. The average Bonchev–Trinajstić information content (AvgIpc) is 3.62. The third-order valence-electron chi connectivity index (χ3n) is 6.53. The Hall–Kier alpha value is -3.83. The number of carbonyl (C=O) groups excluding carboxylic acids is 1. The van der Waals surface area contributed by atoms with Crippen molar-refractivity contribution >= 4 is 30.8 Å². The van der Waals surface area contributed by atoms with Crippen LogP contribution in [-0.4, -0.2) is 66.2 Å². The maximum atomic E-state index is 12.6. The second-order valence-electron chi connectivity index (χ2n) is 10.1. The maximum absolute atomic E-state index is 12.6. The van der Waals surface area contributed by atoms with Crippen molar-refractivity contribution in [2.75, 3.05) is 11.9 Å². The van der Waals surface area contributed by atoms with Crippen molar-refractivity contribution in [2.24, 2.45) is 11.5 Å². The fourth-order valence-corrected chi connectivity index (χ4v) is 4.54. The minimum atomic E-state index is -4.95. The predicted octanol–water partition coefficient (Wildman–Crippen LogP) is 4.02. The van der Waals surface area contributed by atoms with Gasteiger partial charge in [-0.05, 0) is 40.7 Å². The van der Waals surface area contributed by atoms with Crippen LogP contribution in [0.15, 0.2) is 85.7 Å². The van der Waals surface area contributed by atoms with Gasteiger partial charge in [0.1, 0.15) is 25.4 Å². The van der Waals surface area contributed by atoms with Crippen LogP contribution in [0.1, 0.15) is 47.4 Å². The van der Waals surface area contributed by atoms with Gasteiger partial charge >= 0.3 is 13.9 Å². The molecule has 0 aliphatic carbocycles. The van der Waals surface area contributed by atoms with Crippen molar-refractivity contribution in [3.8, 4) is 0 Å². The second-order valence-corrected chi connectivity index (χ2v) is 11.4. The number of imidazole rings is 1. The van der Waals surface area contributed by atoms with E-state index in [9.17, 15) is 19.1 Å². The molecule has 0 radical (unpaired) electrons. The quantitative estimate of drug-likeness (QED) is 0.0719. The molecule has 2 unspecified atom stereocenters. The van der Waals surface area contributed by atoms with E-state index in [0.29, 0.717) is 12.1 Å². The van der Waals surface area contributed by atoms with Crippen LogP contribution in [0.25, 0.3) is 11.2 Å². The molecule has 16 nitrogen and oxygen atoms in total. The molecule has 2 amide bonds. The van der Waals surface area contributed by atoms with Gasteiger partial charge in [-0.3, -0.25) is 25.9 Å². The zero-order chi connectivity index (χ0) is 35.2. The number of nitrogens with one attached hydrogen (secondary N) is 2. The van der Waals surface area contributed by atoms with Gasteiger partial charge < -0.3 is 29.3 Å². The fourth-order valence-electron chi connectivity index (χ4n) is 4.17. The Morgan fingerprint density at radius 3 is 2.47 bits per heavy atom. The summed E-state index contributed by atoms with van der Waals surface area (Å²) in [5, 5.41) is 5.27. The first-order chi connectivity index (χ1) is 22.2. The van der Waals surface area contributed by atoms with Crippen molar-refractivity contribution < 1.29 is 37.9 Å². The summed E-state index contributed by atoms with van der Waals surface area (Å²) in [5.74, 6) is 0.0822. The average molecular weight is 677 g/mol. The third-order valence-corrected chi connectivity index (χ3v) is 6.99. The Labute approximate surface area is 274 Å². The molecule has 0 bridgehead atoms. The van der Waals surface area contributed by atoms with Crippen molar-refractivity contribution in [1.29, 1.82) is 0 Å². The molecule has 3 heterocycles. The predicted molar refractivity (Wildman–Crippen MR) is 178 cm³/mol. The van der Waals surface area contributed by atoms with E-state index in [2.05, 4.69) is 38.7 Å². The minimum Gasteiger partial charge on any atom is -0.346 e. The van der Waals surface area contributed by atoms with Crippen LogP contribution >= 0.6 is 7.82 Å². The standard InChI is InChI=1S/C25H37N8O8P.C5H8/c1-6-9-10-17(8-3)31-24(34)32-21-19-22(29-13-28-21)33(14-30-19)23(26)41-25(27,12-38-42(35,36)37)20-16(5)39-18(40-20)11-15(4)7-2;1-3-5-4-2/h6-10,13-14,16,18,20,23H,1,11-12,26-27H2,2-5H3,(H2,35,36,37)(H2,28,29,31,32,34);3-5H,1H2,2H3/b10-9-,15-7+,17-8+;5-4-/t16-,18?,20-,23?,25-;/m1./s1. The van der Waals surface area contributed by atoms with E-state index in [4.69, 9.17) is 30.2 Å². The first-order valence-corrected chi connectivity index (χ1v) is 16.0. The molecule has 47 heavy (non-hydrogen) atoms. The Balaban J connectivity index is 0.00000142. The van der Waals surface area contributed by atoms with Crippen LogP contribution < -0.4 is 22.1 Å². The summed E-state index contributed by atoms with van der Waals surface area (Å²) in [7, 11) is -4.95. The molecular weight excluding hydrogens is 631 g/mol. The van der Waals surface area contributed by atoms with E-state index >= 15 is 0 Å². The van der Waals surface area contributed by atoms with E-state index in [1.165, 1.54) is 17.2 Å². The number of anilines is 1. The van der Waals surface area contributed by atoms with Crippen molar-refractivity contribution in [1.82, 2.24) is 24.8 Å². The number of phosphoric ester groups is 1. The largest absolute Gasteiger partial charge is 0.469 e. The molecule has 3 rings (SSSR count). The van der Waals surface area contributed by atoms with Crippen molar-refractivity contribution in [3.05, 3.63) is 85.7 Å². The van der Waals surface area contributed by atoms with Gasteiger partial charge in [-0.2, -0.15) is 0 Å². The van der Waals surface area contributed by atoms with Crippen LogP contribution in [0.2, 0.25) is 0 Å². The molecule has 1 saturated heterocycles. The number of ether oxygens (including phenoxy) is 3. The first kappa shape index (κ1) is 39.3. The highest BCUT2D eigenvalue weighted by atomic mass is 31.2. The number of urea groups is 1. The van der Waals surface area contributed by atoms with Crippen LogP contribution in [0.5, 0.6) is 0 Å². The Morgan fingerprint density at radius 1 is 1.19 bits per heavy atom. The summed E-state index contributed by atoms with van der Waals surface area (Å²) in [5.41, 5.74) is 12.7. The van der Waals surface area contributed by atoms with E-state index in [1.54, 1.807) is 44.2 Å². The highest BCUT2D eigenvalue weighted by Crippen LogP contribution is 2.39. The number of carbonyl (C=O) groups is 1. The number of hydrogen-bond acceptors (Lipinski definition) is 11. The lowest BCUT2D eigenvalue weighted by Gasteiger charge is -2.37. The molecule has 258 valence electrons. The van der Waals surface area contributed by atoms with E-state index < -0.39 is 51.0 Å². The number of allylic oxidation sites excluding steroid dienone is 8. The smallest absolute Gasteiger partial charge is 0.346 e. The summed E-state index contributed by atoms with van der Waals surface area (Å²) in [6.07, 6.45) is 13.2. The molecule has 0 aromatic carbocycles. The molecule has 0 spiro atoms. The lowest BCUT2D eigenvalue weighted by molar-refractivity contribution is -0.201. The zero-order valence-corrected chi connectivity index (χ0v) is 28.0. The number of nitrogens with two attached hydrogens (primary N) is 2. The summed E-state index contributed by atoms with van der Waals surface area (Å²) in [4.78, 5) is 43.8. The van der Waals surface area contributed by atoms with Gasteiger partial charge in [-0.1, -0.05) is 61.3 Å². The SMILES string of the molecule is C=C/C=C\C.C=C/C=C\C(=C/C)NC(=O)Nc1ncnc2c1ncn2C(N)O[C@](N)(COP(=O)(O)O)[C@@H]1OC(C/C(C)=C/C)O[C@@H]1C. The van der Waals surface area contributed by atoms with Gasteiger partial charge in [0.15, 0.2) is 35.3 Å². The molecule has 8 N–H and O–H groups in total. The van der Waals surface area contributed by atoms with Crippen LogP contribution in [0.4, 0.5) is 10.6 Å². The zero-order valence-electron chi connectivity index (χ0n) is 27.1. The normalized spacial score (nSPS) is 20.9. The Kier molecular flexibility index (Phi) is 15.5. The van der Waals surface area contributed by atoms with Crippen LogP contribution in [0.3, 0.4) is 0 Å². The summed E-state index contributed by atoms with van der Waals surface area (Å²) in [6, 6.07) is -0.586. The third kappa shape index (κ3) is 12.0. The van der Waals surface area contributed by atoms with Gasteiger partial charge in [0, 0.05) is 12.1 Å². The fraction of sp³-hybridized carbons (Fsp3) is 0.400. The lowest BCUT2D eigenvalue weighted by Crippen LogP contribution is -2.61. The molecular formula is C30H45N8O8P. The molecule has 2 aromatic heterocycles. The number of nitrogens with zero attached hydrogens (tertiary/aromatic N) is 4. The topological polar surface area (TPSA) is 231 Å². The summed E-state index contributed by atoms with van der Waals surface area (Å²) < 4.78 is 35.4. The molecule has 1 aliphatic heterocycles. The van der Waals surface area contributed by atoms with Gasteiger partial charge in [-0.15, -0.1) is 0 Å². The summed E-state index contributed by atoms with van der Waals surface area (Å²) >= 11 is 0. The van der Waals surface area contributed by atoms with Crippen molar-refractivity contribution in [3.63, 3.8) is 0 Å². The monoisotopic (exact) mass is 676 g/mol.